The monoisotopic (exact) mass is 291 g/mol. The molecular weight excluding hydrogens is 270 g/mol. The molecule has 21 heavy (non-hydrogen) atoms. The molecule has 114 valence electrons. The number of carboxylic acids is 1. The van der Waals surface area contributed by atoms with Gasteiger partial charge in [-0.25, -0.2) is 4.79 Å². The van der Waals surface area contributed by atoms with Crippen LogP contribution in [0.25, 0.3) is 0 Å². The van der Waals surface area contributed by atoms with Crippen LogP contribution in [0.15, 0.2) is 24.3 Å². The van der Waals surface area contributed by atoms with E-state index in [1.807, 2.05) is 25.1 Å². The number of benzene rings is 1. The molecule has 0 spiro atoms. The summed E-state index contributed by atoms with van der Waals surface area (Å²) in [4.78, 5) is 23.2. The second-order valence-electron chi connectivity index (χ2n) is 6.27. The average molecular weight is 291 g/mol. The molecule has 0 heterocycles. The Morgan fingerprint density at radius 3 is 2.57 bits per heavy atom. The summed E-state index contributed by atoms with van der Waals surface area (Å²) < 4.78 is 0. The molecule has 0 bridgehead atoms. The summed E-state index contributed by atoms with van der Waals surface area (Å²) in [5.74, 6) is -1.56. The highest BCUT2D eigenvalue weighted by molar-refractivity contribution is 5.84. The van der Waals surface area contributed by atoms with Crippen molar-refractivity contribution < 1.29 is 19.8 Å². The molecule has 0 saturated carbocycles. The Morgan fingerprint density at radius 2 is 1.95 bits per heavy atom. The van der Waals surface area contributed by atoms with Crippen LogP contribution in [0.2, 0.25) is 0 Å². The predicted octanol–water partition coefficient (Wildman–Crippen LogP) is 1.13. The minimum atomic E-state index is -1.95. The molecule has 1 aromatic rings. The van der Waals surface area contributed by atoms with Crippen LogP contribution in [-0.2, 0) is 22.4 Å². The number of nitrogens with one attached hydrogen (secondary N) is 1. The third kappa shape index (κ3) is 3.24. The van der Waals surface area contributed by atoms with E-state index < -0.39 is 17.0 Å². The fourth-order valence-corrected chi connectivity index (χ4v) is 2.63. The van der Waals surface area contributed by atoms with Crippen molar-refractivity contribution in [2.24, 2.45) is 5.41 Å². The van der Waals surface area contributed by atoms with Gasteiger partial charge in [0.05, 0.1) is 12.0 Å². The number of fused-ring (bicyclic) bond motifs is 1. The molecule has 0 radical (unpaired) electrons. The van der Waals surface area contributed by atoms with Gasteiger partial charge >= 0.3 is 5.97 Å². The van der Waals surface area contributed by atoms with Crippen molar-refractivity contribution in [3.8, 4) is 0 Å². The number of aryl methyl sites for hydroxylation is 1. The van der Waals surface area contributed by atoms with E-state index in [0.29, 0.717) is 12.8 Å². The molecule has 0 aliphatic heterocycles. The molecule has 5 heteroatoms. The first-order chi connectivity index (χ1) is 9.74. The SMILES string of the molecule is CC(O)(CNC(=O)C1(C)CCc2ccccc2C1)C(=O)O. The maximum absolute atomic E-state index is 12.4. The number of aliphatic carboxylic acids is 1. The predicted molar refractivity (Wildman–Crippen MR) is 77.8 cm³/mol. The van der Waals surface area contributed by atoms with Crippen LogP contribution in [0.4, 0.5) is 0 Å². The van der Waals surface area contributed by atoms with E-state index >= 15 is 0 Å². The minimum Gasteiger partial charge on any atom is -0.479 e. The van der Waals surface area contributed by atoms with Gasteiger partial charge in [0.1, 0.15) is 0 Å². The first-order valence-corrected chi connectivity index (χ1v) is 7.05. The summed E-state index contributed by atoms with van der Waals surface area (Å²) in [5, 5.41) is 21.1. The number of carbonyl (C=O) groups excluding carboxylic acids is 1. The Balaban J connectivity index is 2.05. The van der Waals surface area contributed by atoms with Crippen LogP contribution in [0.1, 0.15) is 31.4 Å². The van der Waals surface area contributed by atoms with E-state index in [1.54, 1.807) is 0 Å². The highest BCUT2D eigenvalue weighted by Crippen LogP contribution is 2.35. The fourth-order valence-electron chi connectivity index (χ4n) is 2.63. The van der Waals surface area contributed by atoms with Crippen molar-refractivity contribution in [1.82, 2.24) is 5.32 Å². The zero-order valence-electron chi connectivity index (χ0n) is 12.3. The first kappa shape index (κ1) is 15.5. The number of amides is 1. The quantitative estimate of drug-likeness (QED) is 0.776. The fraction of sp³-hybridized carbons (Fsp3) is 0.500. The number of hydrogen-bond donors (Lipinski definition) is 3. The molecule has 1 aliphatic carbocycles. The van der Waals surface area contributed by atoms with Crippen molar-refractivity contribution in [2.75, 3.05) is 6.54 Å². The van der Waals surface area contributed by atoms with E-state index in [1.165, 1.54) is 12.5 Å². The van der Waals surface area contributed by atoms with Gasteiger partial charge in [0, 0.05) is 0 Å². The third-order valence-corrected chi connectivity index (χ3v) is 4.25. The van der Waals surface area contributed by atoms with Crippen molar-refractivity contribution >= 4 is 11.9 Å². The Kier molecular flexibility index (Phi) is 4.05. The highest BCUT2D eigenvalue weighted by Gasteiger charge is 2.38. The van der Waals surface area contributed by atoms with E-state index in [-0.39, 0.29) is 12.5 Å². The van der Waals surface area contributed by atoms with Gasteiger partial charge in [-0.05, 0) is 37.3 Å². The van der Waals surface area contributed by atoms with Gasteiger partial charge in [-0.15, -0.1) is 0 Å². The zero-order valence-corrected chi connectivity index (χ0v) is 12.3. The van der Waals surface area contributed by atoms with Crippen LogP contribution in [0, 0.1) is 5.41 Å². The van der Waals surface area contributed by atoms with Gasteiger partial charge in [0.15, 0.2) is 5.60 Å². The molecule has 2 atom stereocenters. The molecule has 0 fully saturated rings. The lowest BCUT2D eigenvalue weighted by atomic mass is 9.72. The van der Waals surface area contributed by atoms with Gasteiger partial charge in [0.2, 0.25) is 5.91 Å². The van der Waals surface area contributed by atoms with Gasteiger partial charge in [0.25, 0.3) is 0 Å². The maximum Gasteiger partial charge on any atom is 0.337 e. The summed E-state index contributed by atoms with van der Waals surface area (Å²) >= 11 is 0. The number of carboxylic acid groups (broad SMARTS) is 1. The molecule has 5 nitrogen and oxygen atoms in total. The molecule has 2 unspecified atom stereocenters. The first-order valence-electron chi connectivity index (χ1n) is 7.05. The van der Waals surface area contributed by atoms with Crippen LogP contribution >= 0.6 is 0 Å². The van der Waals surface area contributed by atoms with E-state index in [2.05, 4.69) is 11.4 Å². The smallest absolute Gasteiger partial charge is 0.337 e. The normalized spacial score (nSPS) is 23.8. The van der Waals surface area contributed by atoms with Gasteiger partial charge in [-0.2, -0.15) is 0 Å². The van der Waals surface area contributed by atoms with Crippen LogP contribution < -0.4 is 5.32 Å². The standard InChI is InChI=1S/C16H21NO4/c1-15(13(18)17-10-16(2,21)14(19)20)8-7-11-5-3-4-6-12(11)9-15/h3-6,21H,7-10H2,1-2H3,(H,17,18)(H,19,20). The average Bonchev–Trinajstić information content (AvgIpc) is 2.44. The Hall–Kier alpha value is -1.88. The van der Waals surface area contributed by atoms with E-state index in [9.17, 15) is 14.7 Å². The van der Waals surface area contributed by atoms with Crippen molar-refractivity contribution in [1.29, 1.82) is 0 Å². The molecule has 1 aliphatic rings. The lowest BCUT2D eigenvalue weighted by molar-refractivity contribution is -0.156. The molecule has 0 aromatic heterocycles. The summed E-state index contributed by atoms with van der Waals surface area (Å²) in [6.07, 6.45) is 2.17. The Morgan fingerprint density at radius 1 is 1.33 bits per heavy atom. The number of hydrogen-bond acceptors (Lipinski definition) is 3. The Bertz CT molecular complexity index is 567. The summed E-state index contributed by atoms with van der Waals surface area (Å²) in [6.45, 7) is 2.76. The summed E-state index contributed by atoms with van der Waals surface area (Å²) in [6, 6.07) is 8.04. The number of aliphatic hydroxyl groups is 1. The topological polar surface area (TPSA) is 86.6 Å². The van der Waals surface area contributed by atoms with Crippen LogP contribution in [0.5, 0.6) is 0 Å². The van der Waals surface area contributed by atoms with E-state index in [0.717, 1.165) is 12.0 Å². The van der Waals surface area contributed by atoms with Gasteiger partial charge < -0.3 is 15.5 Å². The lowest BCUT2D eigenvalue weighted by Gasteiger charge is -2.34. The summed E-state index contributed by atoms with van der Waals surface area (Å²) in [7, 11) is 0. The van der Waals surface area contributed by atoms with Crippen molar-refractivity contribution in [3.05, 3.63) is 35.4 Å². The number of rotatable bonds is 4. The van der Waals surface area contributed by atoms with Crippen molar-refractivity contribution in [3.63, 3.8) is 0 Å². The van der Waals surface area contributed by atoms with E-state index in [4.69, 9.17) is 5.11 Å². The lowest BCUT2D eigenvalue weighted by Crippen LogP contribution is -2.51. The maximum atomic E-state index is 12.4. The molecule has 2 rings (SSSR count). The van der Waals surface area contributed by atoms with Gasteiger partial charge in [-0.1, -0.05) is 31.2 Å². The molecule has 1 aromatic carbocycles. The third-order valence-electron chi connectivity index (χ3n) is 4.25. The molecule has 1 amide bonds. The largest absolute Gasteiger partial charge is 0.479 e. The van der Waals surface area contributed by atoms with Crippen molar-refractivity contribution in [2.45, 2.75) is 38.7 Å². The highest BCUT2D eigenvalue weighted by atomic mass is 16.4. The zero-order chi connectivity index (χ0) is 15.7. The molecule has 3 N–H and O–H groups in total. The second-order valence-corrected chi connectivity index (χ2v) is 6.27. The number of carbonyl (C=O) groups is 2. The Labute approximate surface area is 124 Å². The van der Waals surface area contributed by atoms with Gasteiger partial charge in [-0.3, -0.25) is 4.79 Å². The second kappa shape index (κ2) is 5.48. The van der Waals surface area contributed by atoms with Crippen LogP contribution in [-0.4, -0.2) is 34.2 Å². The molecular formula is C16H21NO4. The molecule has 0 saturated heterocycles. The minimum absolute atomic E-state index is 0.210. The van der Waals surface area contributed by atoms with Crippen LogP contribution in [0.3, 0.4) is 0 Å². The summed E-state index contributed by atoms with van der Waals surface area (Å²) in [5.41, 5.74) is -0.0895.